The van der Waals surface area contributed by atoms with Gasteiger partial charge in [-0.05, 0) is 68.7 Å². The number of hydrogen-bond acceptors (Lipinski definition) is 1. The number of fused-ring (bicyclic) bond motifs is 2. The Labute approximate surface area is 113 Å². The molecule has 3 aliphatic rings. The zero-order valence-corrected chi connectivity index (χ0v) is 12.3. The Bertz CT molecular complexity index is 267. The smallest absolute Gasteiger partial charge is 0.0123 e. The minimum absolute atomic E-state index is 0.845. The molecular formula is C17H31N. The van der Waals surface area contributed by atoms with Gasteiger partial charge in [0.25, 0.3) is 0 Å². The van der Waals surface area contributed by atoms with E-state index in [-0.39, 0.29) is 0 Å². The van der Waals surface area contributed by atoms with E-state index >= 15 is 0 Å². The monoisotopic (exact) mass is 249 g/mol. The molecular weight excluding hydrogens is 218 g/mol. The van der Waals surface area contributed by atoms with Crippen molar-refractivity contribution in [2.24, 2.45) is 29.6 Å². The third-order valence-electron chi connectivity index (χ3n) is 6.56. The number of hydrogen-bond donors (Lipinski definition) is 1. The van der Waals surface area contributed by atoms with Gasteiger partial charge in [0.2, 0.25) is 0 Å². The van der Waals surface area contributed by atoms with Gasteiger partial charge in [-0.2, -0.15) is 0 Å². The van der Waals surface area contributed by atoms with Crippen molar-refractivity contribution in [1.82, 2.24) is 5.32 Å². The van der Waals surface area contributed by atoms with Crippen molar-refractivity contribution in [1.29, 1.82) is 0 Å². The summed E-state index contributed by atoms with van der Waals surface area (Å²) < 4.78 is 0. The first kappa shape index (κ1) is 13.0. The lowest BCUT2D eigenvalue weighted by molar-refractivity contribution is 0.148. The van der Waals surface area contributed by atoms with E-state index in [0.717, 1.165) is 35.6 Å². The lowest BCUT2D eigenvalue weighted by Gasteiger charge is -2.39. The molecule has 0 radical (unpaired) electrons. The topological polar surface area (TPSA) is 12.0 Å². The van der Waals surface area contributed by atoms with Crippen LogP contribution in [0.25, 0.3) is 0 Å². The Morgan fingerprint density at radius 1 is 1.00 bits per heavy atom. The van der Waals surface area contributed by atoms with Crippen molar-refractivity contribution >= 4 is 0 Å². The molecule has 0 amide bonds. The highest BCUT2D eigenvalue weighted by Crippen LogP contribution is 2.51. The van der Waals surface area contributed by atoms with Crippen LogP contribution in [-0.2, 0) is 0 Å². The van der Waals surface area contributed by atoms with Gasteiger partial charge in [-0.15, -0.1) is 0 Å². The van der Waals surface area contributed by atoms with Crippen molar-refractivity contribution in [2.75, 3.05) is 7.05 Å². The minimum Gasteiger partial charge on any atom is -0.316 e. The highest BCUT2D eigenvalue weighted by Gasteiger charge is 2.44. The first-order chi connectivity index (χ1) is 8.81. The van der Waals surface area contributed by atoms with Crippen molar-refractivity contribution in [3.05, 3.63) is 0 Å². The van der Waals surface area contributed by atoms with E-state index in [1.54, 1.807) is 19.3 Å². The maximum absolute atomic E-state index is 3.73. The van der Waals surface area contributed by atoms with Crippen LogP contribution < -0.4 is 5.32 Å². The van der Waals surface area contributed by atoms with Crippen molar-refractivity contribution < 1.29 is 0 Å². The Balaban J connectivity index is 1.59. The third-order valence-corrected chi connectivity index (χ3v) is 6.56. The molecule has 0 aliphatic heterocycles. The van der Waals surface area contributed by atoms with Gasteiger partial charge in [0.15, 0.2) is 0 Å². The number of rotatable bonds is 4. The SMILES string of the molecule is CCC1CCC(C(NC)C2CC3CCC2C3)CC1. The van der Waals surface area contributed by atoms with Gasteiger partial charge in [0, 0.05) is 6.04 Å². The van der Waals surface area contributed by atoms with Crippen LogP contribution in [0.2, 0.25) is 0 Å². The quantitative estimate of drug-likeness (QED) is 0.786. The molecule has 3 saturated carbocycles. The first-order valence-electron chi connectivity index (χ1n) is 8.49. The molecule has 0 aromatic carbocycles. The summed E-state index contributed by atoms with van der Waals surface area (Å²) in [6.07, 6.45) is 13.6. The van der Waals surface area contributed by atoms with Crippen LogP contribution in [0, 0.1) is 29.6 Å². The molecule has 104 valence electrons. The van der Waals surface area contributed by atoms with Gasteiger partial charge >= 0.3 is 0 Å². The summed E-state index contributed by atoms with van der Waals surface area (Å²) in [5.74, 6) is 5.23. The molecule has 3 aliphatic carbocycles. The first-order valence-corrected chi connectivity index (χ1v) is 8.49. The second-order valence-corrected chi connectivity index (χ2v) is 7.34. The predicted molar refractivity (Wildman–Crippen MR) is 77.5 cm³/mol. The van der Waals surface area contributed by atoms with Gasteiger partial charge in [-0.3, -0.25) is 0 Å². The summed E-state index contributed by atoms with van der Waals surface area (Å²) in [5, 5.41) is 3.73. The molecule has 3 rings (SSSR count). The van der Waals surface area contributed by atoms with Crippen LogP contribution in [0.1, 0.15) is 64.7 Å². The predicted octanol–water partition coefficient (Wildman–Crippen LogP) is 4.23. The average molecular weight is 249 g/mol. The fourth-order valence-electron chi connectivity index (χ4n) is 5.49. The summed E-state index contributed by atoms with van der Waals surface area (Å²) in [6.45, 7) is 2.37. The molecule has 4 atom stereocenters. The van der Waals surface area contributed by atoms with E-state index < -0.39 is 0 Å². The summed E-state index contributed by atoms with van der Waals surface area (Å²) in [5.41, 5.74) is 0. The summed E-state index contributed by atoms with van der Waals surface area (Å²) >= 11 is 0. The Morgan fingerprint density at radius 3 is 2.28 bits per heavy atom. The van der Waals surface area contributed by atoms with E-state index in [0.29, 0.717) is 0 Å². The van der Waals surface area contributed by atoms with Crippen LogP contribution in [0.5, 0.6) is 0 Å². The summed E-state index contributed by atoms with van der Waals surface area (Å²) in [7, 11) is 2.22. The highest BCUT2D eigenvalue weighted by atomic mass is 14.9. The van der Waals surface area contributed by atoms with Crippen molar-refractivity contribution in [3.63, 3.8) is 0 Å². The second-order valence-electron chi connectivity index (χ2n) is 7.34. The van der Waals surface area contributed by atoms with E-state index in [1.807, 2.05) is 0 Å². The van der Waals surface area contributed by atoms with Crippen LogP contribution in [-0.4, -0.2) is 13.1 Å². The van der Waals surface area contributed by atoms with Crippen LogP contribution in [0.15, 0.2) is 0 Å². The molecule has 0 heterocycles. The molecule has 1 N–H and O–H groups in total. The second kappa shape index (κ2) is 5.53. The summed E-state index contributed by atoms with van der Waals surface area (Å²) in [6, 6.07) is 0.845. The lowest BCUT2D eigenvalue weighted by Crippen LogP contribution is -2.43. The van der Waals surface area contributed by atoms with Gasteiger partial charge in [0.1, 0.15) is 0 Å². The molecule has 1 heteroatoms. The largest absolute Gasteiger partial charge is 0.316 e. The standard InChI is InChI=1S/C17H31N/c1-3-12-4-7-14(8-5-12)17(18-2)16-11-13-6-9-15(16)10-13/h12-18H,3-11H2,1-2H3. The third kappa shape index (κ3) is 2.35. The maximum atomic E-state index is 3.73. The molecule has 3 fully saturated rings. The molecule has 2 bridgehead atoms. The van der Waals surface area contributed by atoms with Crippen LogP contribution >= 0.6 is 0 Å². The number of nitrogens with one attached hydrogen (secondary N) is 1. The van der Waals surface area contributed by atoms with E-state index in [1.165, 1.54) is 38.5 Å². The molecule has 0 spiro atoms. The fourth-order valence-corrected chi connectivity index (χ4v) is 5.49. The van der Waals surface area contributed by atoms with E-state index in [4.69, 9.17) is 0 Å². The van der Waals surface area contributed by atoms with Gasteiger partial charge in [-0.1, -0.05) is 32.6 Å². The zero-order chi connectivity index (χ0) is 12.5. The minimum atomic E-state index is 0.845. The molecule has 0 aromatic rings. The van der Waals surface area contributed by atoms with Gasteiger partial charge < -0.3 is 5.32 Å². The Kier molecular flexibility index (Phi) is 3.98. The Morgan fingerprint density at radius 2 is 1.78 bits per heavy atom. The fraction of sp³-hybridized carbons (Fsp3) is 1.00. The lowest BCUT2D eigenvalue weighted by atomic mass is 9.71. The molecule has 18 heavy (non-hydrogen) atoms. The summed E-state index contributed by atoms with van der Waals surface area (Å²) in [4.78, 5) is 0. The van der Waals surface area contributed by atoms with Crippen molar-refractivity contribution in [2.45, 2.75) is 70.8 Å². The normalized spacial score (nSPS) is 45.3. The Hall–Kier alpha value is -0.0400. The van der Waals surface area contributed by atoms with Gasteiger partial charge in [-0.25, -0.2) is 0 Å². The van der Waals surface area contributed by atoms with Crippen molar-refractivity contribution in [3.8, 4) is 0 Å². The van der Waals surface area contributed by atoms with E-state index in [9.17, 15) is 0 Å². The highest BCUT2D eigenvalue weighted by molar-refractivity contribution is 4.97. The maximum Gasteiger partial charge on any atom is 0.0123 e. The average Bonchev–Trinajstić information content (AvgIpc) is 3.03. The molecule has 1 nitrogen and oxygen atoms in total. The zero-order valence-electron chi connectivity index (χ0n) is 12.3. The van der Waals surface area contributed by atoms with Crippen LogP contribution in [0.4, 0.5) is 0 Å². The van der Waals surface area contributed by atoms with Crippen LogP contribution in [0.3, 0.4) is 0 Å². The van der Waals surface area contributed by atoms with Gasteiger partial charge in [0.05, 0.1) is 0 Å². The molecule has 0 saturated heterocycles. The molecule has 4 unspecified atom stereocenters. The molecule has 0 aromatic heterocycles. The van der Waals surface area contributed by atoms with E-state index in [2.05, 4.69) is 19.3 Å².